The van der Waals surface area contributed by atoms with Crippen molar-refractivity contribution in [3.8, 4) is 11.8 Å². The number of pyridine rings is 2. The van der Waals surface area contributed by atoms with Gasteiger partial charge >= 0.3 is 6.09 Å². The normalized spacial score (nSPS) is 14.3. The molecular weight excluding hydrogens is 476 g/mol. The number of hydrogen-bond acceptors (Lipinski definition) is 7. The van der Waals surface area contributed by atoms with Gasteiger partial charge in [0.25, 0.3) is 5.56 Å². The molecule has 0 radical (unpaired) electrons. The first-order chi connectivity index (χ1) is 15.4. The van der Waals surface area contributed by atoms with E-state index in [1.165, 1.54) is 4.57 Å². The van der Waals surface area contributed by atoms with Crippen LogP contribution in [0, 0.1) is 11.3 Å². The second-order valence-electron chi connectivity index (χ2n) is 7.49. The van der Waals surface area contributed by atoms with E-state index in [-0.39, 0.29) is 11.1 Å². The van der Waals surface area contributed by atoms with Crippen molar-refractivity contribution < 1.29 is 9.53 Å². The molecule has 2 aromatic heterocycles. The first-order valence-electron chi connectivity index (χ1n) is 10.0. The lowest BCUT2D eigenvalue weighted by molar-refractivity contribution is 0.208. The van der Waals surface area contributed by atoms with Crippen LogP contribution in [0.5, 0.6) is 5.75 Å². The van der Waals surface area contributed by atoms with Gasteiger partial charge in [-0.15, -0.1) is 0 Å². The fourth-order valence-electron chi connectivity index (χ4n) is 3.99. The first-order valence-corrected chi connectivity index (χ1v) is 10.8. The van der Waals surface area contributed by atoms with E-state index in [9.17, 15) is 14.9 Å². The molecule has 9 nitrogen and oxygen atoms in total. The number of rotatable bonds is 4. The Kier molecular flexibility index (Phi) is 6.12. The van der Waals surface area contributed by atoms with Crippen molar-refractivity contribution in [2.75, 3.05) is 31.1 Å². The summed E-state index contributed by atoms with van der Waals surface area (Å²) >= 11 is 3.40. The molecule has 4 rings (SSSR count). The Bertz CT molecular complexity index is 1290. The lowest BCUT2D eigenvalue weighted by Crippen LogP contribution is -2.47. The number of halogens is 1. The van der Waals surface area contributed by atoms with Crippen LogP contribution in [0.2, 0.25) is 0 Å². The molecule has 164 valence electrons. The minimum Gasteiger partial charge on any atom is -0.410 e. The summed E-state index contributed by atoms with van der Waals surface area (Å²) in [6.45, 7) is 3.21. The summed E-state index contributed by atoms with van der Waals surface area (Å²) < 4.78 is 7.21. The van der Waals surface area contributed by atoms with Crippen LogP contribution >= 0.6 is 15.9 Å². The number of hydrogen-bond donors (Lipinski definition) is 1. The van der Waals surface area contributed by atoms with Gasteiger partial charge in [0.15, 0.2) is 0 Å². The Morgan fingerprint density at radius 1 is 1.22 bits per heavy atom. The molecule has 10 heteroatoms. The van der Waals surface area contributed by atoms with Crippen molar-refractivity contribution in [2.24, 2.45) is 12.8 Å². The van der Waals surface area contributed by atoms with Crippen molar-refractivity contribution >= 4 is 38.7 Å². The zero-order chi connectivity index (χ0) is 22.8. The van der Waals surface area contributed by atoms with Gasteiger partial charge in [-0.1, -0.05) is 18.2 Å². The molecule has 1 aliphatic rings. The van der Waals surface area contributed by atoms with E-state index < -0.39 is 6.09 Å². The average molecular weight is 497 g/mol. The van der Waals surface area contributed by atoms with E-state index in [1.807, 2.05) is 23.1 Å². The number of ether oxygens (including phenoxy) is 1. The molecule has 0 unspecified atom stereocenters. The van der Waals surface area contributed by atoms with Gasteiger partial charge in [0.2, 0.25) is 0 Å². The summed E-state index contributed by atoms with van der Waals surface area (Å²) in [5.41, 5.74) is 7.66. The van der Waals surface area contributed by atoms with Crippen molar-refractivity contribution in [1.82, 2.24) is 14.5 Å². The zero-order valence-electron chi connectivity index (χ0n) is 17.4. The fourth-order valence-corrected chi connectivity index (χ4v) is 4.30. The number of nitrogens with two attached hydrogens (primary N) is 1. The lowest BCUT2D eigenvalue weighted by Gasteiger charge is -2.36. The Hall–Kier alpha value is -3.42. The standard InChI is InChI=1S/C22H21BrN6O3/c1-27-16-6-7-18(23)26-19(16)20(15(12-24)21(27)30)29-10-8-28(9-11-29)13-14-4-2-3-5-17(14)32-22(25)31/h2-7H,8-11,13H2,1H3,(H2,25,31). The Morgan fingerprint density at radius 3 is 2.62 bits per heavy atom. The highest BCUT2D eigenvalue weighted by atomic mass is 79.9. The number of fused-ring (bicyclic) bond motifs is 1. The molecule has 1 saturated heterocycles. The number of primary amides is 1. The van der Waals surface area contributed by atoms with Crippen LogP contribution in [-0.2, 0) is 13.6 Å². The van der Waals surface area contributed by atoms with Crippen molar-refractivity contribution in [2.45, 2.75) is 6.54 Å². The van der Waals surface area contributed by atoms with Gasteiger partial charge in [-0.3, -0.25) is 9.69 Å². The molecule has 1 amide bonds. The molecule has 3 aromatic rings. The topological polar surface area (TPSA) is 117 Å². The number of piperazine rings is 1. The third-order valence-electron chi connectivity index (χ3n) is 5.56. The van der Waals surface area contributed by atoms with E-state index in [1.54, 1.807) is 25.2 Å². The van der Waals surface area contributed by atoms with Crippen molar-refractivity contribution in [3.63, 3.8) is 0 Å². The van der Waals surface area contributed by atoms with Crippen LogP contribution in [0.1, 0.15) is 11.1 Å². The van der Waals surface area contributed by atoms with Crippen LogP contribution in [0.3, 0.4) is 0 Å². The third-order valence-corrected chi connectivity index (χ3v) is 6.00. The van der Waals surface area contributed by atoms with Crippen LogP contribution < -0.4 is 20.9 Å². The largest absolute Gasteiger partial charge is 0.410 e. The van der Waals surface area contributed by atoms with Gasteiger partial charge in [0, 0.05) is 45.3 Å². The minimum absolute atomic E-state index is 0.0965. The van der Waals surface area contributed by atoms with Gasteiger partial charge in [0.05, 0.1) is 11.2 Å². The summed E-state index contributed by atoms with van der Waals surface area (Å²) in [4.78, 5) is 32.8. The number of para-hydroxylation sites is 1. The molecule has 1 fully saturated rings. The zero-order valence-corrected chi connectivity index (χ0v) is 19.0. The average Bonchev–Trinajstić information content (AvgIpc) is 2.77. The quantitative estimate of drug-likeness (QED) is 0.550. The number of nitrogens with zero attached hydrogens (tertiary/aromatic N) is 5. The number of benzene rings is 1. The number of carbonyl (C=O) groups excluding carboxylic acids is 1. The van der Waals surface area contributed by atoms with Gasteiger partial charge < -0.3 is 19.9 Å². The van der Waals surface area contributed by atoms with Crippen molar-refractivity contribution in [1.29, 1.82) is 5.26 Å². The van der Waals surface area contributed by atoms with Gasteiger partial charge in [0.1, 0.15) is 27.5 Å². The van der Waals surface area contributed by atoms with Gasteiger partial charge in [-0.05, 0) is 34.1 Å². The van der Waals surface area contributed by atoms with E-state index >= 15 is 0 Å². The van der Waals surface area contributed by atoms with Crippen LogP contribution in [-0.4, -0.2) is 46.7 Å². The number of carbonyl (C=O) groups is 1. The fraction of sp³-hybridized carbons (Fsp3) is 0.273. The molecule has 0 spiro atoms. The Labute approximate surface area is 192 Å². The number of amides is 1. The second kappa shape index (κ2) is 8.98. The highest BCUT2D eigenvalue weighted by molar-refractivity contribution is 9.10. The van der Waals surface area contributed by atoms with E-state index in [0.29, 0.717) is 59.8 Å². The minimum atomic E-state index is -0.845. The molecule has 2 N–H and O–H groups in total. The maximum atomic E-state index is 12.8. The Morgan fingerprint density at radius 2 is 1.94 bits per heavy atom. The smallest absolute Gasteiger partial charge is 0.409 e. The van der Waals surface area contributed by atoms with Crippen LogP contribution in [0.4, 0.5) is 10.5 Å². The molecule has 1 aromatic carbocycles. The van der Waals surface area contributed by atoms with E-state index in [0.717, 1.165) is 5.56 Å². The molecular formula is C22H21BrN6O3. The second-order valence-corrected chi connectivity index (χ2v) is 8.31. The maximum absolute atomic E-state index is 12.8. The van der Waals surface area contributed by atoms with Gasteiger partial charge in [-0.2, -0.15) is 5.26 Å². The third kappa shape index (κ3) is 4.17. The summed E-state index contributed by atoms with van der Waals surface area (Å²) in [5.74, 6) is 0.445. The SMILES string of the molecule is Cn1c(=O)c(C#N)c(N2CCN(Cc3ccccc3OC(N)=O)CC2)c2nc(Br)ccc21. The maximum Gasteiger partial charge on any atom is 0.409 e. The van der Waals surface area contributed by atoms with Crippen LogP contribution in [0.25, 0.3) is 11.0 Å². The molecule has 0 bridgehead atoms. The summed E-state index contributed by atoms with van der Waals surface area (Å²) in [5, 5.41) is 9.74. The number of aromatic nitrogens is 2. The number of nitriles is 1. The monoisotopic (exact) mass is 496 g/mol. The Balaban J connectivity index is 1.60. The number of aryl methyl sites for hydroxylation is 1. The van der Waals surface area contributed by atoms with E-state index in [4.69, 9.17) is 10.5 Å². The number of anilines is 1. The van der Waals surface area contributed by atoms with Crippen molar-refractivity contribution in [3.05, 3.63) is 62.5 Å². The van der Waals surface area contributed by atoms with Crippen LogP contribution in [0.15, 0.2) is 45.8 Å². The summed E-state index contributed by atoms with van der Waals surface area (Å²) in [6.07, 6.45) is -0.845. The predicted molar refractivity (Wildman–Crippen MR) is 124 cm³/mol. The van der Waals surface area contributed by atoms with Gasteiger partial charge in [-0.25, -0.2) is 9.78 Å². The highest BCUT2D eigenvalue weighted by Gasteiger charge is 2.25. The molecule has 3 heterocycles. The molecule has 1 aliphatic heterocycles. The molecule has 0 atom stereocenters. The molecule has 32 heavy (non-hydrogen) atoms. The lowest BCUT2D eigenvalue weighted by atomic mass is 10.1. The summed E-state index contributed by atoms with van der Waals surface area (Å²) in [7, 11) is 1.65. The highest BCUT2D eigenvalue weighted by Crippen LogP contribution is 2.29. The van der Waals surface area contributed by atoms with E-state index in [2.05, 4.69) is 31.9 Å². The molecule has 0 aliphatic carbocycles. The summed E-state index contributed by atoms with van der Waals surface area (Å²) in [6, 6.07) is 13.0. The molecule has 0 saturated carbocycles. The first kappa shape index (κ1) is 21.8. The predicted octanol–water partition coefficient (Wildman–Crippen LogP) is 2.35.